The fourth-order valence-corrected chi connectivity index (χ4v) is 1.27. The summed E-state index contributed by atoms with van der Waals surface area (Å²) in [4.78, 5) is 12.3. The Morgan fingerprint density at radius 3 is 2.87 bits per heavy atom. The van der Waals surface area contributed by atoms with Gasteiger partial charge >= 0.3 is 5.97 Å². The zero-order chi connectivity index (χ0) is 11.4. The molecule has 1 aromatic heterocycles. The molecule has 0 radical (unpaired) electrons. The molecule has 0 fully saturated rings. The van der Waals surface area contributed by atoms with E-state index in [9.17, 15) is 4.79 Å². The second kappa shape index (κ2) is 4.90. The SMILES string of the molecule is CC(O)CN(C)Cc1cc(C(=O)O)no1. The molecule has 1 rings (SSSR count). The van der Waals surface area contributed by atoms with Crippen LogP contribution in [0.1, 0.15) is 23.2 Å². The van der Waals surface area contributed by atoms with Crippen LogP contribution in [0.3, 0.4) is 0 Å². The average molecular weight is 214 g/mol. The first-order valence-electron chi connectivity index (χ1n) is 4.54. The van der Waals surface area contributed by atoms with E-state index in [2.05, 4.69) is 5.16 Å². The normalized spacial score (nSPS) is 13.1. The molecule has 0 aromatic carbocycles. The third-order valence-electron chi connectivity index (χ3n) is 1.78. The zero-order valence-corrected chi connectivity index (χ0v) is 8.67. The number of carboxylic acids is 1. The van der Waals surface area contributed by atoms with Gasteiger partial charge < -0.3 is 14.7 Å². The van der Waals surface area contributed by atoms with E-state index in [1.165, 1.54) is 6.07 Å². The Hall–Kier alpha value is -1.40. The molecule has 6 heteroatoms. The highest BCUT2D eigenvalue weighted by Gasteiger charge is 2.12. The molecule has 6 nitrogen and oxygen atoms in total. The fraction of sp³-hybridized carbons (Fsp3) is 0.556. The molecule has 1 aromatic rings. The number of rotatable bonds is 5. The number of aromatic carboxylic acids is 1. The number of hydrogen-bond acceptors (Lipinski definition) is 5. The predicted octanol–water partition coefficient (Wildman–Crippen LogP) is 0.185. The lowest BCUT2D eigenvalue weighted by atomic mass is 10.3. The summed E-state index contributed by atoms with van der Waals surface area (Å²) in [5.74, 6) is -0.640. The van der Waals surface area contributed by atoms with Gasteiger partial charge in [0.15, 0.2) is 11.5 Å². The third-order valence-corrected chi connectivity index (χ3v) is 1.78. The van der Waals surface area contributed by atoms with Gasteiger partial charge in [-0.1, -0.05) is 5.16 Å². The van der Waals surface area contributed by atoms with Crippen LogP contribution >= 0.6 is 0 Å². The van der Waals surface area contributed by atoms with Crippen molar-refractivity contribution in [3.63, 3.8) is 0 Å². The summed E-state index contributed by atoms with van der Waals surface area (Å²) in [6, 6.07) is 1.38. The molecule has 0 saturated heterocycles. The minimum atomic E-state index is -1.11. The van der Waals surface area contributed by atoms with E-state index in [1.54, 1.807) is 14.0 Å². The van der Waals surface area contributed by atoms with E-state index in [0.717, 1.165) is 0 Å². The largest absolute Gasteiger partial charge is 0.476 e. The van der Waals surface area contributed by atoms with Gasteiger partial charge in [0.2, 0.25) is 0 Å². The standard InChI is InChI=1S/C9H14N2O4/c1-6(12)4-11(2)5-7-3-8(9(13)14)10-15-7/h3,6,12H,4-5H2,1-2H3,(H,13,14). The summed E-state index contributed by atoms with van der Waals surface area (Å²) in [7, 11) is 1.80. The number of carbonyl (C=O) groups is 1. The van der Waals surface area contributed by atoms with Crippen LogP contribution in [-0.4, -0.2) is 45.9 Å². The summed E-state index contributed by atoms with van der Waals surface area (Å²) in [5, 5.41) is 21.1. The molecule has 84 valence electrons. The number of nitrogens with zero attached hydrogens (tertiary/aromatic N) is 2. The van der Waals surface area contributed by atoms with Crippen LogP contribution in [-0.2, 0) is 6.54 Å². The van der Waals surface area contributed by atoms with Crippen LogP contribution in [0.4, 0.5) is 0 Å². The summed E-state index contributed by atoms with van der Waals surface area (Å²) in [6.07, 6.45) is -0.433. The van der Waals surface area contributed by atoms with E-state index in [-0.39, 0.29) is 5.69 Å². The first-order valence-corrected chi connectivity index (χ1v) is 4.54. The van der Waals surface area contributed by atoms with Gasteiger partial charge in [0, 0.05) is 12.6 Å². The van der Waals surface area contributed by atoms with Crippen LogP contribution in [0.5, 0.6) is 0 Å². The lowest BCUT2D eigenvalue weighted by Gasteiger charge is -2.15. The third kappa shape index (κ3) is 3.69. The molecule has 0 amide bonds. The number of aromatic nitrogens is 1. The first-order chi connectivity index (χ1) is 6.99. The van der Waals surface area contributed by atoms with Crippen LogP contribution in [0.25, 0.3) is 0 Å². The van der Waals surface area contributed by atoms with Gasteiger partial charge in [0.05, 0.1) is 12.6 Å². The fourth-order valence-electron chi connectivity index (χ4n) is 1.27. The Morgan fingerprint density at radius 2 is 2.40 bits per heavy atom. The molecule has 1 heterocycles. The zero-order valence-electron chi connectivity index (χ0n) is 8.67. The minimum Gasteiger partial charge on any atom is -0.476 e. The highest BCUT2D eigenvalue weighted by atomic mass is 16.5. The van der Waals surface area contributed by atoms with Crippen LogP contribution < -0.4 is 0 Å². The van der Waals surface area contributed by atoms with Crippen molar-refractivity contribution in [2.75, 3.05) is 13.6 Å². The molecule has 0 bridgehead atoms. The maximum Gasteiger partial charge on any atom is 0.358 e. The van der Waals surface area contributed by atoms with Gasteiger partial charge in [-0.25, -0.2) is 4.79 Å². The maximum atomic E-state index is 10.5. The topological polar surface area (TPSA) is 86.8 Å². The van der Waals surface area contributed by atoms with Crippen molar-refractivity contribution in [3.05, 3.63) is 17.5 Å². The van der Waals surface area contributed by atoms with Gasteiger partial charge in [-0.05, 0) is 14.0 Å². The summed E-state index contributed by atoms with van der Waals surface area (Å²) in [5.41, 5.74) is -0.101. The minimum absolute atomic E-state index is 0.101. The highest BCUT2D eigenvalue weighted by molar-refractivity contribution is 5.85. The molecule has 2 N–H and O–H groups in total. The van der Waals surface area contributed by atoms with E-state index in [1.807, 2.05) is 4.90 Å². The van der Waals surface area contributed by atoms with E-state index in [4.69, 9.17) is 14.7 Å². The Labute approximate surface area is 87.1 Å². The summed E-state index contributed by atoms with van der Waals surface area (Å²) < 4.78 is 4.82. The molecule has 15 heavy (non-hydrogen) atoms. The molecule has 0 aliphatic carbocycles. The summed E-state index contributed by atoms with van der Waals surface area (Å²) in [6.45, 7) is 2.59. The van der Waals surface area contributed by atoms with E-state index in [0.29, 0.717) is 18.8 Å². The quantitative estimate of drug-likeness (QED) is 0.727. The first kappa shape index (κ1) is 11.7. The molecule has 1 unspecified atom stereocenters. The Balaban J connectivity index is 2.53. The lowest BCUT2D eigenvalue weighted by molar-refractivity contribution is 0.0685. The Bertz CT molecular complexity index is 335. The van der Waals surface area contributed by atoms with Gasteiger partial charge in [0.25, 0.3) is 0 Å². The van der Waals surface area contributed by atoms with Crippen molar-refractivity contribution in [3.8, 4) is 0 Å². The van der Waals surface area contributed by atoms with Crippen molar-refractivity contribution < 1.29 is 19.5 Å². The highest BCUT2D eigenvalue weighted by Crippen LogP contribution is 2.06. The second-order valence-electron chi connectivity index (χ2n) is 3.53. The molecule has 0 aliphatic heterocycles. The van der Waals surface area contributed by atoms with E-state index < -0.39 is 12.1 Å². The van der Waals surface area contributed by atoms with Crippen LogP contribution in [0.2, 0.25) is 0 Å². The van der Waals surface area contributed by atoms with Gasteiger partial charge in [-0.15, -0.1) is 0 Å². The van der Waals surface area contributed by atoms with Gasteiger partial charge in [-0.3, -0.25) is 4.90 Å². The van der Waals surface area contributed by atoms with Crippen molar-refractivity contribution in [2.45, 2.75) is 19.6 Å². The summed E-state index contributed by atoms with van der Waals surface area (Å²) >= 11 is 0. The number of hydrogen-bond donors (Lipinski definition) is 2. The van der Waals surface area contributed by atoms with Crippen molar-refractivity contribution in [2.24, 2.45) is 0 Å². The molecule has 1 atom stereocenters. The van der Waals surface area contributed by atoms with E-state index >= 15 is 0 Å². The number of aliphatic hydroxyl groups excluding tert-OH is 1. The van der Waals surface area contributed by atoms with Gasteiger partial charge in [0.1, 0.15) is 0 Å². The van der Waals surface area contributed by atoms with Crippen LogP contribution in [0.15, 0.2) is 10.6 Å². The van der Waals surface area contributed by atoms with Crippen molar-refractivity contribution in [1.29, 1.82) is 0 Å². The lowest BCUT2D eigenvalue weighted by Crippen LogP contribution is -2.26. The molecule has 0 saturated carbocycles. The number of aliphatic hydroxyl groups is 1. The number of carboxylic acid groups (broad SMARTS) is 1. The van der Waals surface area contributed by atoms with Gasteiger partial charge in [-0.2, -0.15) is 0 Å². The second-order valence-corrected chi connectivity index (χ2v) is 3.53. The molecule has 0 aliphatic rings. The molecular formula is C9H14N2O4. The van der Waals surface area contributed by atoms with Crippen molar-refractivity contribution in [1.82, 2.24) is 10.1 Å². The maximum absolute atomic E-state index is 10.5. The average Bonchev–Trinajstić information content (AvgIpc) is 2.50. The number of likely N-dealkylation sites (N-methyl/N-ethyl adjacent to an activating group) is 1. The predicted molar refractivity (Wildman–Crippen MR) is 51.5 cm³/mol. The smallest absolute Gasteiger partial charge is 0.358 e. The molecule has 0 spiro atoms. The van der Waals surface area contributed by atoms with Crippen molar-refractivity contribution >= 4 is 5.97 Å². The Kier molecular flexibility index (Phi) is 3.81. The monoisotopic (exact) mass is 214 g/mol. The van der Waals surface area contributed by atoms with Crippen LogP contribution in [0, 0.1) is 0 Å². The molecular weight excluding hydrogens is 200 g/mol. The Morgan fingerprint density at radius 1 is 1.73 bits per heavy atom.